The smallest absolute Gasteiger partial charge is 0.320 e. The Morgan fingerprint density at radius 2 is 1.82 bits per heavy atom. The van der Waals surface area contributed by atoms with Crippen molar-refractivity contribution >= 4 is 33.5 Å². The lowest BCUT2D eigenvalue weighted by Gasteiger charge is -2.46. The standard InChI is InChI=1S/C21H21F4N3O3S2/c22-15-4-6-17(7-5-15)33(30,31)27-9-8-18-19(13-27)32-11-10-28(18)20(29)26-16-3-1-2-14(12-16)21(23,24)25/h1-7,12,18-19H,8-11,13H2,(H,26,29). The second kappa shape index (κ2) is 9.15. The van der Waals surface area contributed by atoms with Gasteiger partial charge >= 0.3 is 12.2 Å². The lowest BCUT2D eigenvalue weighted by atomic mass is 10.0. The summed E-state index contributed by atoms with van der Waals surface area (Å²) >= 11 is 1.56. The molecule has 0 spiro atoms. The van der Waals surface area contributed by atoms with Crippen molar-refractivity contribution in [1.29, 1.82) is 0 Å². The predicted molar refractivity (Wildman–Crippen MR) is 117 cm³/mol. The van der Waals surface area contributed by atoms with Crippen LogP contribution in [0.25, 0.3) is 0 Å². The van der Waals surface area contributed by atoms with E-state index in [1.807, 2.05) is 0 Å². The zero-order chi connectivity index (χ0) is 23.8. The highest BCUT2D eigenvalue weighted by Gasteiger charge is 2.42. The fourth-order valence-corrected chi connectivity index (χ4v) is 7.03. The average molecular weight is 504 g/mol. The number of fused-ring (bicyclic) bond motifs is 1. The maximum absolute atomic E-state index is 13.2. The van der Waals surface area contributed by atoms with Crippen LogP contribution in [0, 0.1) is 5.82 Å². The van der Waals surface area contributed by atoms with Crippen LogP contribution in [0.3, 0.4) is 0 Å². The molecule has 2 aromatic carbocycles. The lowest BCUT2D eigenvalue weighted by Crippen LogP contribution is -2.59. The van der Waals surface area contributed by atoms with E-state index in [0.717, 1.165) is 24.3 Å². The third kappa shape index (κ3) is 5.12. The first-order valence-corrected chi connectivity index (χ1v) is 12.7. The molecule has 6 nitrogen and oxygen atoms in total. The Morgan fingerprint density at radius 1 is 1.09 bits per heavy atom. The van der Waals surface area contributed by atoms with E-state index in [0.29, 0.717) is 18.7 Å². The van der Waals surface area contributed by atoms with Crippen molar-refractivity contribution < 1.29 is 30.8 Å². The number of anilines is 1. The molecule has 0 aromatic heterocycles. The van der Waals surface area contributed by atoms with Gasteiger partial charge in [0.05, 0.1) is 10.5 Å². The van der Waals surface area contributed by atoms with Gasteiger partial charge in [-0.15, -0.1) is 0 Å². The molecule has 178 valence electrons. The largest absolute Gasteiger partial charge is 0.416 e. The molecule has 2 saturated heterocycles. The molecule has 1 N–H and O–H groups in total. The number of piperidine rings is 1. The van der Waals surface area contributed by atoms with Gasteiger partial charge in [0, 0.05) is 42.4 Å². The van der Waals surface area contributed by atoms with Crippen LogP contribution in [0.4, 0.5) is 28.0 Å². The fraction of sp³-hybridized carbons (Fsp3) is 0.381. The van der Waals surface area contributed by atoms with Gasteiger partial charge in [-0.05, 0) is 48.9 Å². The molecular formula is C21H21F4N3O3S2. The van der Waals surface area contributed by atoms with E-state index >= 15 is 0 Å². The Bertz CT molecular complexity index is 1130. The van der Waals surface area contributed by atoms with Gasteiger partial charge < -0.3 is 10.2 Å². The number of sulfonamides is 1. The minimum atomic E-state index is -4.52. The number of rotatable bonds is 3. The second-order valence-corrected chi connectivity index (χ2v) is 11.1. The number of nitrogens with one attached hydrogen (secondary N) is 1. The molecule has 2 heterocycles. The topological polar surface area (TPSA) is 69.7 Å². The van der Waals surface area contributed by atoms with Crippen LogP contribution in [0.5, 0.6) is 0 Å². The number of urea groups is 1. The van der Waals surface area contributed by atoms with E-state index in [2.05, 4.69) is 5.32 Å². The molecule has 0 radical (unpaired) electrons. The van der Waals surface area contributed by atoms with Gasteiger partial charge in [0.1, 0.15) is 5.82 Å². The van der Waals surface area contributed by atoms with E-state index < -0.39 is 33.6 Å². The van der Waals surface area contributed by atoms with Crippen molar-refractivity contribution in [2.45, 2.75) is 28.8 Å². The number of amides is 2. The Hall–Kier alpha value is -2.31. The molecule has 2 aromatic rings. The summed E-state index contributed by atoms with van der Waals surface area (Å²) in [5.74, 6) is 0.0413. The molecule has 0 aliphatic carbocycles. The first kappa shape index (κ1) is 23.8. The van der Waals surface area contributed by atoms with Crippen LogP contribution >= 0.6 is 11.8 Å². The van der Waals surface area contributed by atoms with E-state index in [9.17, 15) is 30.8 Å². The summed E-state index contributed by atoms with van der Waals surface area (Å²) in [6.07, 6.45) is -4.13. The maximum atomic E-state index is 13.2. The molecule has 0 saturated carbocycles. The summed E-state index contributed by atoms with van der Waals surface area (Å²) in [6, 6.07) is 8.29. The number of carbonyl (C=O) groups is 1. The molecular weight excluding hydrogens is 482 g/mol. The minimum Gasteiger partial charge on any atom is -0.320 e. The van der Waals surface area contributed by atoms with Gasteiger partial charge in [0.15, 0.2) is 0 Å². The number of hydrogen-bond donors (Lipinski definition) is 1. The molecule has 2 unspecified atom stereocenters. The van der Waals surface area contributed by atoms with Crippen molar-refractivity contribution in [2.24, 2.45) is 0 Å². The molecule has 2 amide bonds. The fourth-order valence-electron chi connectivity index (χ4n) is 4.06. The first-order valence-electron chi connectivity index (χ1n) is 10.2. The summed E-state index contributed by atoms with van der Waals surface area (Å²) in [7, 11) is -3.81. The summed E-state index contributed by atoms with van der Waals surface area (Å²) in [4.78, 5) is 14.4. The van der Waals surface area contributed by atoms with Crippen LogP contribution < -0.4 is 5.32 Å². The molecule has 2 fully saturated rings. The molecule has 2 atom stereocenters. The number of carbonyl (C=O) groups excluding carboxylic acids is 1. The summed E-state index contributed by atoms with van der Waals surface area (Å²) in [6.45, 7) is 0.762. The number of benzene rings is 2. The zero-order valence-corrected chi connectivity index (χ0v) is 18.9. The van der Waals surface area contributed by atoms with Crippen LogP contribution in [0.2, 0.25) is 0 Å². The summed E-state index contributed by atoms with van der Waals surface area (Å²) in [5, 5.41) is 2.35. The zero-order valence-electron chi connectivity index (χ0n) is 17.3. The Balaban J connectivity index is 1.45. The maximum Gasteiger partial charge on any atom is 0.416 e. The van der Waals surface area contributed by atoms with Crippen molar-refractivity contribution in [1.82, 2.24) is 9.21 Å². The van der Waals surface area contributed by atoms with Gasteiger partial charge in [-0.1, -0.05) is 6.07 Å². The van der Waals surface area contributed by atoms with E-state index in [4.69, 9.17) is 0 Å². The highest BCUT2D eigenvalue weighted by molar-refractivity contribution is 8.00. The third-order valence-corrected chi connectivity index (χ3v) is 8.89. The van der Waals surface area contributed by atoms with E-state index in [-0.39, 0.29) is 35.0 Å². The first-order chi connectivity index (χ1) is 15.6. The highest BCUT2D eigenvalue weighted by atomic mass is 32.2. The molecule has 2 aliphatic heterocycles. The predicted octanol–water partition coefficient (Wildman–Crippen LogP) is 4.26. The molecule has 33 heavy (non-hydrogen) atoms. The lowest BCUT2D eigenvalue weighted by molar-refractivity contribution is -0.137. The van der Waals surface area contributed by atoms with Crippen LogP contribution in [-0.4, -0.2) is 60.3 Å². The molecule has 0 bridgehead atoms. The van der Waals surface area contributed by atoms with E-state index in [1.165, 1.54) is 28.6 Å². The summed E-state index contributed by atoms with van der Waals surface area (Å²) < 4.78 is 79.3. The van der Waals surface area contributed by atoms with E-state index in [1.54, 1.807) is 16.7 Å². The second-order valence-electron chi connectivity index (χ2n) is 7.78. The van der Waals surface area contributed by atoms with Crippen molar-refractivity contribution in [2.75, 3.05) is 30.7 Å². The number of halogens is 4. The Labute approximate surface area is 193 Å². The monoisotopic (exact) mass is 503 g/mol. The van der Waals surface area contributed by atoms with Crippen molar-refractivity contribution in [3.05, 3.63) is 59.9 Å². The van der Waals surface area contributed by atoms with Crippen LogP contribution in [0.1, 0.15) is 12.0 Å². The summed E-state index contributed by atoms with van der Waals surface area (Å²) in [5.41, 5.74) is -0.812. The average Bonchev–Trinajstić information content (AvgIpc) is 2.78. The number of alkyl halides is 3. The Morgan fingerprint density at radius 3 is 2.52 bits per heavy atom. The molecule has 12 heteroatoms. The van der Waals surface area contributed by atoms with Gasteiger partial charge in [0.25, 0.3) is 0 Å². The van der Waals surface area contributed by atoms with Crippen LogP contribution in [0.15, 0.2) is 53.4 Å². The normalized spacial score (nSPS) is 22.0. The SMILES string of the molecule is O=C(Nc1cccc(C(F)(F)F)c1)N1CCSC2CN(S(=O)(=O)c3ccc(F)cc3)CCC21. The van der Waals surface area contributed by atoms with Gasteiger partial charge in [-0.25, -0.2) is 17.6 Å². The molecule has 4 rings (SSSR count). The number of hydrogen-bond acceptors (Lipinski definition) is 4. The van der Waals surface area contributed by atoms with Crippen molar-refractivity contribution in [3.8, 4) is 0 Å². The minimum absolute atomic E-state index is 0.00213. The van der Waals surface area contributed by atoms with Crippen molar-refractivity contribution in [3.63, 3.8) is 0 Å². The van der Waals surface area contributed by atoms with Gasteiger partial charge in [-0.2, -0.15) is 29.2 Å². The highest BCUT2D eigenvalue weighted by Crippen LogP contribution is 2.34. The van der Waals surface area contributed by atoms with Gasteiger partial charge in [0.2, 0.25) is 10.0 Å². The molecule has 2 aliphatic rings. The number of nitrogens with zero attached hydrogens (tertiary/aromatic N) is 2. The van der Waals surface area contributed by atoms with Gasteiger partial charge in [-0.3, -0.25) is 0 Å². The number of thioether (sulfide) groups is 1. The Kier molecular flexibility index (Phi) is 6.61. The van der Waals surface area contributed by atoms with Crippen LogP contribution in [-0.2, 0) is 16.2 Å². The quantitative estimate of drug-likeness (QED) is 0.636. The third-order valence-electron chi connectivity index (χ3n) is 5.70.